The Kier molecular flexibility index (Phi) is 3.18. The van der Waals surface area contributed by atoms with Gasteiger partial charge >= 0.3 is 0 Å². The molecule has 1 saturated heterocycles. The van der Waals surface area contributed by atoms with Crippen LogP contribution in [-0.2, 0) is 4.74 Å². The molecule has 0 aromatic heterocycles. The van der Waals surface area contributed by atoms with Crippen molar-refractivity contribution in [2.24, 2.45) is 5.73 Å². The monoisotopic (exact) mass is 195 g/mol. The Morgan fingerprint density at radius 1 is 1.50 bits per heavy atom. The molecule has 0 aromatic carbocycles. The van der Waals surface area contributed by atoms with Gasteiger partial charge in [0, 0.05) is 25.8 Å². The number of nitrogens with one attached hydrogen (secondary N) is 1. The summed E-state index contributed by atoms with van der Waals surface area (Å²) in [6, 6.07) is 0. The molecule has 0 saturated carbocycles. The van der Waals surface area contributed by atoms with Crippen LogP contribution in [0.2, 0.25) is 0 Å². The van der Waals surface area contributed by atoms with Gasteiger partial charge in [0.25, 0.3) is 0 Å². The van der Waals surface area contributed by atoms with Crippen LogP contribution in [0.3, 0.4) is 0 Å². The first-order chi connectivity index (χ1) is 6.90. The summed E-state index contributed by atoms with van der Waals surface area (Å²) in [5, 5.41) is 3.33. The summed E-state index contributed by atoms with van der Waals surface area (Å²) in [6.45, 7) is 4.25. The van der Waals surface area contributed by atoms with E-state index in [1.165, 1.54) is 0 Å². The summed E-state index contributed by atoms with van der Waals surface area (Å²) < 4.78 is 5.30. The van der Waals surface area contributed by atoms with Crippen molar-refractivity contribution in [2.75, 3.05) is 32.8 Å². The molecular weight excluding hydrogens is 178 g/mol. The van der Waals surface area contributed by atoms with E-state index >= 15 is 0 Å². The second kappa shape index (κ2) is 4.59. The maximum atomic E-state index is 5.53. The van der Waals surface area contributed by atoms with E-state index in [0.29, 0.717) is 12.7 Å². The highest BCUT2D eigenvalue weighted by molar-refractivity contribution is 5.24. The first kappa shape index (κ1) is 9.71. The number of dihydropyridines is 1. The van der Waals surface area contributed by atoms with E-state index in [2.05, 4.69) is 22.4 Å². The first-order valence-electron chi connectivity index (χ1n) is 5.05. The molecule has 4 heteroatoms. The molecule has 0 bridgehead atoms. The van der Waals surface area contributed by atoms with Crippen molar-refractivity contribution in [3.63, 3.8) is 0 Å². The summed E-state index contributed by atoms with van der Waals surface area (Å²) >= 11 is 0. The third kappa shape index (κ3) is 2.15. The van der Waals surface area contributed by atoms with Gasteiger partial charge in [-0.05, 0) is 11.6 Å². The first-order valence-corrected chi connectivity index (χ1v) is 5.05. The topological polar surface area (TPSA) is 50.5 Å². The molecule has 0 aliphatic carbocycles. The molecule has 1 atom stereocenters. The SMILES string of the molecule is NCC1=CNC(N2CCOCC2)C=C1. The van der Waals surface area contributed by atoms with Gasteiger partial charge in [0.2, 0.25) is 0 Å². The zero-order valence-electron chi connectivity index (χ0n) is 8.28. The van der Waals surface area contributed by atoms with Gasteiger partial charge < -0.3 is 15.8 Å². The lowest BCUT2D eigenvalue weighted by molar-refractivity contribution is 0.0217. The van der Waals surface area contributed by atoms with E-state index in [0.717, 1.165) is 31.9 Å². The second-order valence-corrected chi connectivity index (χ2v) is 3.54. The summed E-state index contributed by atoms with van der Waals surface area (Å²) in [4.78, 5) is 2.36. The van der Waals surface area contributed by atoms with E-state index in [-0.39, 0.29) is 0 Å². The molecule has 0 amide bonds. The van der Waals surface area contributed by atoms with E-state index in [1.807, 2.05) is 6.20 Å². The van der Waals surface area contributed by atoms with Crippen molar-refractivity contribution in [1.29, 1.82) is 0 Å². The van der Waals surface area contributed by atoms with Gasteiger partial charge in [-0.25, -0.2) is 0 Å². The molecule has 1 unspecified atom stereocenters. The maximum absolute atomic E-state index is 5.53. The molecule has 78 valence electrons. The minimum Gasteiger partial charge on any atom is -0.379 e. The third-order valence-corrected chi connectivity index (χ3v) is 2.61. The van der Waals surface area contributed by atoms with E-state index in [4.69, 9.17) is 10.5 Å². The van der Waals surface area contributed by atoms with Gasteiger partial charge in [0.05, 0.1) is 19.4 Å². The molecule has 0 radical (unpaired) electrons. The van der Waals surface area contributed by atoms with Crippen molar-refractivity contribution >= 4 is 0 Å². The lowest BCUT2D eigenvalue weighted by atomic mass is 10.2. The highest BCUT2D eigenvalue weighted by atomic mass is 16.5. The Labute approximate surface area is 84.4 Å². The summed E-state index contributed by atoms with van der Waals surface area (Å²) in [5.74, 6) is 0. The number of nitrogens with two attached hydrogens (primary N) is 1. The largest absolute Gasteiger partial charge is 0.379 e. The van der Waals surface area contributed by atoms with Crippen LogP contribution in [0.4, 0.5) is 0 Å². The van der Waals surface area contributed by atoms with Gasteiger partial charge in [0.1, 0.15) is 0 Å². The summed E-state index contributed by atoms with van der Waals surface area (Å²) in [6.07, 6.45) is 6.57. The van der Waals surface area contributed by atoms with Crippen LogP contribution in [0.5, 0.6) is 0 Å². The average molecular weight is 195 g/mol. The Morgan fingerprint density at radius 3 is 2.86 bits per heavy atom. The quantitative estimate of drug-likeness (QED) is 0.632. The molecule has 2 aliphatic rings. The van der Waals surface area contributed by atoms with E-state index in [9.17, 15) is 0 Å². The van der Waals surface area contributed by atoms with Crippen molar-refractivity contribution in [3.05, 3.63) is 23.9 Å². The van der Waals surface area contributed by atoms with Crippen LogP contribution < -0.4 is 11.1 Å². The Bertz CT molecular complexity index is 244. The molecule has 2 aliphatic heterocycles. The number of hydrogen-bond acceptors (Lipinski definition) is 4. The zero-order valence-corrected chi connectivity index (χ0v) is 8.28. The molecular formula is C10H17N3O. The fourth-order valence-electron chi connectivity index (χ4n) is 1.72. The van der Waals surface area contributed by atoms with Gasteiger partial charge in [-0.1, -0.05) is 6.08 Å². The van der Waals surface area contributed by atoms with Gasteiger partial charge in [-0.3, -0.25) is 4.90 Å². The lowest BCUT2D eigenvalue weighted by Gasteiger charge is -2.34. The maximum Gasteiger partial charge on any atom is 0.0986 e. The van der Waals surface area contributed by atoms with Crippen molar-refractivity contribution < 1.29 is 4.74 Å². The molecule has 1 fully saturated rings. The van der Waals surface area contributed by atoms with Crippen molar-refractivity contribution in [1.82, 2.24) is 10.2 Å². The number of hydrogen-bond donors (Lipinski definition) is 2. The van der Waals surface area contributed by atoms with Crippen LogP contribution in [-0.4, -0.2) is 43.9 Å². The summed E-state index contributed by atoms with van der Waals surface area (Å²) in [7, 11) is 0. The fraction of sp³-hybridized carbons (Fsp3) is 0.600. The fourth-order valence-corrected chi connectivity index (χ4v) is 1.72. The molecule has 4 nitrogen and oxygen atoms in total. The van der Waals surface area contributed by atoms with Crippen LogP contribution in [0.15, 0.2) is 23.9 Å². The third-order valence-electron chi connectivity index (χ3n) is 2.61. The average Bonchev–Trinajstić information content (AvgIpc) is 2.30. The Morgan fingerprint density at radius 2 is 2.29 bits per heavy atom. The van der Waals surface area contributed by atoms with Crippen molar-refractivity contribution in [2.45, 2.75) is 6.17 Å². The van der Waals surface area contributed by atoms with Crippen LogP contribution >= 0.6 is 0 Å². The van der Waals surface area contributed by atoms with Gasteiger partial charge in [-0.15, -0.1) is 0 Å². The Balaban J connectivity index is 1.89. The predicted molar refractivity (Wildman–Crippen MR) is 55.6 cm³/mol. The predicted octanol–water partition coefficient (Wildman–Crippen LogP) is -0.353. The number of morpholine rings is 1. The van der Waals surface area contributed by atoms with Gasteiger partial charge in [0.15, 0.2) is 0 Å². The molecule has 2 heterocycles. The highest BCUT2D eigenvalue weighted by Crippen LogP contribution is 2.08. The van der Waals surface area contributed by atoms with Crippen LogP contribution in [0.25, 0.3) is 0 Å². The zero-order chi connectivity index (χ0) is 9.80. The number of ether oxygens (including phenoxy) is 1. The van der Waals surface area contributed by atoms with Crippen molar-refractivity contribution in [3.8, 4) is 0 Å². The molecule has 0 aromatic rings. The molecule has 0 spiro atoms. The number of rotatable bonds is 2. The second-order valence-electron chi connectivity index (χ2n) is 3.54. The molecule has 2 rings (SSSR count). The smallest absolute Gasteiger partial charge is 0.0986 e. The molecule has 14 heavy (non-hydrogen) atoms. The van der Waals surface area contributed by atoms with E-state index in [1.54, 1.807) is 0 Å². The van der Waals surface area contributed by atoms with Crippen LogP contribution in [0, 0.1) is 0 Å². The van der Waals surface area contributed by atoms with E-state index < -0.39 is 0 Å². The molecule has 3 N–H and O–H groups in total. The lowest BCUT2D eigenvalue weighted by Crippen LogP contribution is -2.49. The standard InChI is InChI=1S/C10H17N3O/c11-7-9-1-2-10(12-8-9)13-3-5-14-6-4-13/h1-2,8,10,12H,3-7,11H2. The minimum atomic E-state index is 0.314. The summed E-state index contributed by atoms with van der Waals surface area (Å²) in [5.41, 5.74) is 6.68. The normalized spacial score (nSPS) is 28.4. The van der Waals surface area contributed by atoms with Crippen LogP contribution in [0.1, 0.15) is 0 Å². The number of nitrogens with zero attached hydrogens (tertiary/aromatic N) is 1. The highest BCUT2D eigenvalue weighted by Gasteiger charge is 2.18. The minimum absolute atomic E-state index is 0.314. The Hall–Kier alpha value is -0.840. The van der Waals surface area contributed by atoms with Gasteiger partial charge in [-0.2, -0.15) is 0 Å².